The number of morpholine rings is 1. The molecule has 0 radical (unpaired) electrons. The molecule has 9 nitrogen and oxygen atoms in total. The second-order valence-corrected chi connectivity index (χ2v) is 7.20. The molecule has 0 saturated carbocycles. The number of anilines is 1. The molecular formula is C18H24N6O3. The van der Waals surface area contributed by atoms with Crippen LogP contribution >= 0.6 is 0 Å². The Hall–Kier alpha value is -2.52. The fraction of sp³-hybridized carbons (Fsp3) is 0.556. The summed E-state index contributed by atoms with van der Waals surface area (Å²) in [6.45, 7) is 6.39. The SMILES string of the molecule is CCC1CN(C(=O)Nc2ccc(C)c(-n3cnnn3)c2)CC2(CCOC2)O1. The van der Waals surface area contributed by atoms with Gasteiger partial charge in [-0.3, -0.25) is 0 Å². The van der Waals surface area contributed by atoms with E-state index in [-0.39, 0.29) is 17.7 Å². The molecule has 2 aromatic rings. The molecule has 4 rings (SSSR count). The highest BCUT2D eigenvalue weighted by Gasteiger charge is 2.44. The number of benzene rings is 1. The number of aromatic nitrogens is 4. The van der Waals surface area contributed by atoms with Crippen LogP contribution in [-0.2, 0) is 9.47 Å². The third-order valence-corrected chi connectivity index (χ3v) is 5.19. The summed E-state index contributed by atoms with van der Waals surface area (Å²) in [5.41, 5.74) is 2.17. The van der Waals surface area contributed by atoms with Gasteiger partial charge in [-0.15, -0.1) is 5.10 Å². The van der Waals surface area contributed by atoms with E-state index in [1.54, 1.807) is 4.68 Å². The van der Waals surface area contributed by atoms with Gasteiger partial charge < -0.3 is 19.7 Å². The van der Waals surface area contributed by atoms with Crippen molar-refractivity contribution in [1.82, 2.24) is 25.1 Å². The van der Waals surface area contributed by atoms with Gasteiger partial charge in [0.1, 0.15) is 11.9 Å². The lowest BCUT2D eigenvalue weighted by Gasteiger charge is -2.43. The van der Waals surface area contributed by atoms with Crippen LogP contribution < -0.4 is 5.32 Å². The number of carbonyl (C=O) groups excluding carboxylic acids is 1. The predicted octanol–water partition coefficient (Wildman–Crippen LogP) is 1.77. The van der Waals surface area contributed by atoms with E-state index in [2.05, 4.69) is 27.8 Å². The Morgan fingerprint density at radius 3 is 3.04 bits per heavy atom. The van der Waals surface area contributed by atoms with Gasteiger partial charge in [0.2, 0.25) is 0 Å². The average Bonchev–Trinajstić information content (AvgIpc) is 3.35. The zero-order valence-electron chi connectivity index (χ0n) is 15.6. The maximum absolute atomic E-state index is 12.9. The molecule has 9 heteroatoms. The number of carbonyl (C=O) groups is 1. The standard InChI is InChI=1S/C18H24N6O3/c1-3-15-9-23(10-18(27-15)6-7-26-11-18)17(25)20-14-5-4-13(2)16(8-14)24-12-19-21-22-24/h4-5,8,12,15H,3,6-7,9-11H2,1-2H3,(H,20,25). The van der Waals surface area contributed by atoms with Crippen molar-refractivity contribution in [1.29, 1.82) is 0 Å². The molecule has 2 unspecified atom stereocenters. The maximum Gasteiger partial charge on any atom is 0.322 e. The van der Waals surface area contributed by atoms with Crippen LogP contribution in [0.3, 0.4) is 0 Å². The van der Waals surface area contributed by atoms with Crippen molar-refractivity contribution in [2.75, 3.05) is 31.6 Å². The number of aryl methyl sites for hydroxylation is 1. The zero-order valence-corrected chi connectivity index (χ0v) is 15.6. The molecule has 2 aliphatic rings. The van der Waals surface area contributed by atoms with Gasteiger partial charge in [0.05, 0.1) is 24.9 Å². The van der Waals surface area contributed by atoms with Gasteiger partial charge in [0.15, 0.2) is 0 Å². The van der Waals surface area contributed by atoms with E-state index in [9.17, 15) is 4.79 Å². The molecule has 3 heterocycles. The average molecular weight is 372 g/mol. The smallest absolute Gasteiger partial charge is 0.322 e. The molecule has 1 aromatic carbocycles. The number of urea groups is 1. The Morgan fingerprint density at radius 2 is 2.33 bits per heavy atom. The molecule has 1 N–H and O–H groups in total. The van der Waals surface area contributed by atoms with Crippen molar-refractivity contribution < 1.29 is 14.3 Å². The minimum absolute atomic E-state index is 0.0287. The van der Waals surface area contributed by atoms with Crippen LogP contribution in [0.4, 0.5) is 10.5 Å². The Bertz CT molecular complexity index is 803. The van der Waals surface area contributed by atoms with Crippen LogP contribution in [0.15, 0.2) is 24.5 Å². The summed E-state index contributed by atoms with van der Waals surface area (Å²) in [6.07, 6.45) is 3.24. The fourth-order valence-corrected chi connectivity index (χ4v) is 3.67. The first kappa shape index (κ1) is 17.9. The first-order valence-electron chi connectivity index (χ1n) is 9.24. The number of tetrazole rings is 1. The summed E-state index contributed by atoms with van der Waals surface area (Å²) in [6, 6.07) is 5.56. The molecule has 2 aliphatic heterocycles. The number of rotatable bonds is 3. The highest BCUT2D eigenvalue weighted by atomic mass is 16.6. The van der Waals surface area contributed by atoms with Crippen molar-refractivity contribution in [2.24, 2.45) is 0 Å². The van der Waals surface area contributed by atoms with Crippen LogP contribution in [-0.4, -0.2) is 69.1 Å². The highest BCUT2D eigenvalue weighted by molar-refractivity contribution is 5.90. The largest absolute Gasteiger partial charge is 0.378 e. The molecule has 1 spiro atoms. The fourth-order valence-electron chi connectivity index (χ4n) is 3.67. The second kappa shape index (κ2) is 7.24. The van der Waals surface area contributed by atoms with E-state index in [0.717, 1.165) is 24.1 Å². The van der Waals surface area contributed by atoms with E-state index < -0.39 is 0 Å². The number of ether oxygens (including phenoxy) is 2. The summed E-state index contributed by atoms with van der Waals surface area (Å²) in [7, 11) is 0. The van der Waals surface area contributed by atoms with Crippen LogP contribution in [0, 0.1) is 6.92 Å². The first-order chi connectivity index (χ1) is 13.1. The maximum atomic E-state index is 12.9. The lowest BCUT2D eigenvalue weighted by molar-refractivity contribution is -0.143. The van der Waals surface area contributed by atoms with Gasteiger partial charge in [0, 0.05) is 25.3 Å². The van der Waals surface area contributed by atoms with Gasteiger partial charge in [-0.25, -0.2) is 9.48 Å². The lowest BCUT2D eigenvalue weighted by atomic mass is 9.99. The van der Waals surface area contributed by atoms with Crippen LogP contribution in [0.25, 0.3) is 5.69 Å². The van der Waals surface area contributed by atoms with Crippen molar-refractivity contribution in [3.63, 3.8) is 0 Å². The number of nitrogens with one attached hydrogen (secondary N) is 1. The molecule has 2 amide bonds. The minimum Gasteiger partial charge on any atom is -0.378 e. The summed E-state index contributed by atoms with van der Waals surface area (Å²) < 4.78 is 13.3. The van der Waals surface area contributed by atoms with Gasteiger partial charge in [0.25, 0.3) is 0 Å². The van der Waals surface area contributed by atoms with Crippen molar-refractivity contribution in [2.45, 2.75) is 38.4 Å². The number of amides is 2. The van der Waals surface area contributed by atoms with Crippen molar-refractivity contribution in [3.05, 3.63) is 30.1 Å². The highest BCUT2D eigenvalue weighted by Crippen LogP contribution is 2.31. The van der Waals surface area contributed by atoms with Crippen LogP contribution in [0.2, 0.25) is 0 Å². The third kappa shape index (κ3) is 3.65. The quantitative estimate of drug-likeness (QED) is 0.882. The number of nitrogens with zero attached hydrogens (tertiary/aromatic N) is 5. The van der Waals surface area contributed by atoms with E-state index in [0.29, 0.717) is 32.0 Å². The van der Waals surface area contributed by atoms with E-state index in [1.165, 1.54) is 6.33 Å². The van der Waals surface area contributed by atoms with E-state index >= 15 is 0 Å². The van der Waals surface area contributed by atoms with Crippen molar-refractivity contribution in [3.8, 4) is 5.69 Å². The molecule has 2 fully saturated rings. The van der Waals surface area contributed by atoms with Crippen molar-refractivity contribution >= 4 is 11.7 Å². The summed E-state index contributed by atoms with van der Waals surface area (Å²) in [5, 5.41) is 14.3. The first-order valence-corrected chi connectivity index (χ1v) is 9.24. The Morgan fingerprint density at radius 1 is 1.44 bits per heavy atom. The number of hydrogen-bond donors (Lipinski definition) is 1. The predicted molar refractivity (Wildman–Crippen MR) is 97.8 cm³/mol. The van der Waals surface area contributed by atoms with Gasteiger partial charge in [-0.1, -0.05) is 13.0 Å². The lowest BCUT2D eigenvalue weighted by Crippen LogP contribution is -2.58. The normalized spacial score (nSPS) is 25.1. The molecule has 2 saturated heterocycles. The minimum atomic E-state index is -0.374. The Kier molecular flexibility index (Phi) is 4.79. The molecular weight excluding hydrogens is 348 g/mol. The molecule has 1 aromatic heterocycles. The second-order valence-electron chi connectivity index (χ2n) is 7.20. The molecule has 144 valence electrons. The van der Waals surface area contributed by atoms with E-state index in [4.69, 9.17) is 9.47 Å². The van der Waals surface area contributed by atoms with E-state index in [1.807, 2.05) is 30.0 Å². The van der Waals surface area contributed by atoms with Crippen LogP contribution in [0.1, 0.15) is 25.3 Å². The molecule has 2 atom stereocenters. The molecule has 0 bridgehead atoms. The Balaban J connectivity index is 1.51. The summed E-state index contributed by atoms with van der Waals surface area (Å²) >= 11 is 0. The van der Waals surface area contributed by atoms with Crippen LogP contribution in [0.5, 0.6) is 0 Å². The van der Waals surface area contributed by atoms with Gasteiger partial charge in [-0.05, 0) is 41.5 Å². The topological polar surface area (TPSA) is 94.4 Å². The molecule has 27 heavy (non-hydrogen) atoms. The third-order valence-electron chi connectivity index (χ3n) is 5.19. The molecule has 0 aliphatic carbocycles. The summed E-state index contributed by atoms with van der Waals surface area (Å²) in [4.78, 5) is 14.8. The monoisotopic (exact) mass is 372 g/mol. The summed E-state index contributed by atoms with van der Waals surface area (Å²) in [5.74, 6) is 0. The Labute approximate surface area is 157 Å². The van der Waals surface area contributed by atoms with Gasteiger partial charge in [-0.2, -0.15) is 0 Å². The number of hydrogen-bond acceptors (Lipinski definition) is 6. The zero-order chi connectivity index (χ0) is 18.9. The van der Waals surface area contributed by atoms with Gasteiger partial charge >= 0.3 is 6.03 Å².